The van der Waals surface area contributed by atoms with Crippen LogP contribution >= 0.6 is 12.4 Å². The van der Waals surface area contributed by atoms with E-state index in [-0.39, 0.29) is 56.1 Å². The summed E-state index contributed by atoms with van der Waals surface area (Å²) in [6.07, 6.45) is -6.04. The first-order valence-corrected chi connectivity index (χ1v) is 10.3. The second kappa shape index (κ2) is 10.9. The third-order valence-corrected chi connectivity index (χ3v) is 5.16. The van der Waals surface area contributed by atoms with E-state index in [2.05, 4.69) is 4.98 Å². The summed E-state index contributed by atoms with van der Waals surface area (Å²) in [7, 11) is 0. The monoisotopic (exact) mass is 528 g/mol. The molecule has 1 amide bonds. The van der Waals surface area contributed by atoms with E-state index in [0.29, 0.717) is 12.1 Å². The third kappa shape index (κ3) is 6.45. The van der Waals surface area contributed by atoms with Crippen molar-refractivity contribution in [3.63, 3.8) is 0 Å². The van der Waals surface area contributed by atoms with Crippen LogP contribution in [-0.2, 0) is 35.2 Å². The number of imidazole rings is 1. The number of carbonyl (C=O) groups is 2. The molecule has 1 aromatic heterocycles. The molecule has 1 aliphatic rings. The molecule has 0 saturated carbocycles. The Morgan fingerprint density at radius 1 is 1.11 bits per heavy atom. The summed E-state index contributed by atoms with van der Waals surface area (Å²) in [5, 5.41) is 0. The molecule has 2 aromatic rings. The first-order valence-electron chi connectivity index (χ1n) is 10.3. The van der Waals surface area contributed by atoms with E-state index in [9.17, 15) is 35.9 Å². The maximum atomic E-state index is 13.9. The lowest BCUT2D eigenvalue weighted by molar-refractivity contribution is -0.148. The number of carbonyl (C=O) groups excluding carboxylic acids is 2. The first kappa shape index (κ1) is 28.4. The highest BCUT2D eigenvalue weighted by Crippen LogP contribution is 2.33. The van der Waals surface area contributed by atoms with Gasteiger partial charge in [-0.1, -0.05) is 0 Å². The smallest absolute Gasteiger partial charge is 0.449 e. The minimum Gasteiger partial charge on any atom is -0.458 e. The number of halogens is 7. The topological polar surface area (TPSA) is 90.5 Å². The molecule has 0 saturated heterocycles. The van der Waals surface area contributed by atoms with Crippen LogP contribution < -0.4 is 5.73 Å². The SMILES string of the molecule is CC(C)OC(=O)c1nc(C(F)(F)F)n2c1CN(C(=O)C[C@H](N)Cc1cc(F)c(F)cc1F)CC2.Cl. The molecule has 7 nitrogen and oxygen atoms in total. The van der Waals surface area contributed by atoms with Crippen LogP contribution in [0.1, 0.15) is 47.8 Å². The van der Waals surface area contributed by atoms with E-state index < -0.39 is 59.2 Å². The second-order valence-corrected chi connectivity index (χ2v) is 8.18. The predicted octanol–water partition coefficient (Wildman–Crippen LogP) is 3.61. The molecule has 14 heteroatoms. The van der Waals surface area contributed by atoms with Gasteiger partial charge in [0, 0.05) is 31.6 Å². The highest BCUT2D eigenvalue weighted by atomic mass is 35.5. The number of hydrogen-bond acceptors (Lipinski definition) is 5. The van der Waals surface area contributed by atoms with E-state index >= 15 is 0 Å². The van der Waals surface area contributed by atoms with Crippen molar-refractivity contribution in [2.24, 2.45) is 5.73 Å². The van der Waals surface area contributed by atoms with Crippen LogP contribution in [0.25, 0.3) is 0 Å². The maximum Gasteiger partial charge on any atom is 0.449 e. The number of nitrogens with two attached hydrogens (primary N) is 1. The van der Waals surface area contributed by atoms with E-state index in [4.69, 9.17) is 10.5 Å². The maximum absolute atomic E-state index is 13.9. The Bertz CT molecular complexity index is 1110. The fourth-order valence-corrected chi connectivity index (χ4v) is 3.66. The molecule has 0 aliphatic carbocycles. The molecule has 1 atom stereocenters. The second-order valence-electron chi connectivity index (χ2n) is 8.18. The van der Waals surface area contributed by atoms with Gasteiger partial charge in [-0.2, -0.15) is 13.2 Å². The molecule has 0 unspecified atom stereocenters. The zero-order chi connectivity index (χ0) is 25.4. The van der Waals surface area contributed by atoms with Crippen LogP contribution in [0.15, 0.2) is 12.1 Å². The zero-order valence-corrected chi connectivity index (χ0v) is 19.5. The molecule has 2 heterocycles. The number of aromatic nitrogens is 2. The summed E-state index contributed by atoms with van der Waals surface area (Å²) in [4.78, 5) is 29.7. The Balaban J connectivity index is 0.00000432. The Labute approximate surface area is 202 Å². The number of rotatable bonds is 6. The van der Waals surface area contributed by atoms with Crippen LogP contribution in [0.4, 0.5) is 26.3 Å². The summed E-state index contributed by atoms with van der Waals surface area (Å²) < 4.78 is 86.4. The van der Waals surface area contributed by atoms with Gasteiger partial charge >= 0.3 is 12.1 Å². The van der Waals surface area contributed by atoms with Gasteiger partial charge in [0.15, 0.2) is 17.3 Å². The van der Waals surface area contributed by atoms with Gasteiger partial charge in [0.1, 0.15) is 5.82 Å². The van der Waals surface area contributed by atoms with E-state index in [1.165, 1.54) is 18.7 Å². The Morgan fingerprint density at radius 3 is 2.34 bits per heavy atom. The van der Waals surface area contributed by atoms with Crippen molar-refractivity contribution in [3.05, 3.63) is 52.4 Å². The van der Waals surface area contributed by atoms with Gasteiger partial charge in [-0.15, -0.1) is 12.4 Å². The Kier molecular flexibility index (Phi) is 8.82. The number of benzene rings is 1. The lowest BCUT2D eigenvalue weighted by Crippen LogP contribution is -2.42. The van der Waals surface area contributed by atoms with Crippen LogP contribution in [0, 0.1) is 17.5 Å². The summed E-state index contributed by atoms with van der Waals surface area (Å²) in [5.41, 5.74) is 5.01. The molecular weight excluding hydrogens is 506 g/mol. The average molecular weight is 529 g/mol. The molecule has 2 N–H and O–H groups in total. The van der Waals surface area contributed by atoms with Crippen LogP contribution in [0.2, 0.25) is 0 Å². The molecule has 1 aliphatic heterocycles. The summed E-state index contributed by atoms with van der Waals surface area (Å²) in [6, 6.07) is 0.0515. The van der Waals surface area contributed by atoms with Gasteiger partial charge < -0.3 is 19.9 Å². The number of esters is 1. The van der Waals surface area contributed by atoms with Gasteiger partial charge in [-0.05, 0) is 31.9 Å². The van der Waals surface area contributed by atoms with Gasteiger partial charge in [0.2, 0.25) is 11.7 Å². The van der Waals surface area contributed by atoms with Crippen LogP contribution in [0.5, 0.6) is 0 Å². The highest BCUT2D eigenvalue weighted by molar-refractivity contribution is 5.89. The lowest BCUT2D eigenvalue weighted by atomic mass is 10.0. The summed E-state index contributed by atoms with van der Waals surface area (Å²) in [6.45, 7) is 2.31. The predicted molar refractivity (Wildman–Crippen MR) is 113 cm³/mol. The molecule has 3 rings (SSSR count). The van der Waals surface area contributed by atoms with Gasteiger partial charge in [0.25, 0.3) is 0 Å². The molecule has 0 fully saturated rings. The van der Waals surface area contributed by atoms with Crippen LogP contribution in [-0.4, -0.2) is 45.0 Å². The molecule has 1 aromatic carbocycles. The molecular formula is C21H23ClF6N4O3. The Hall–Kier alpha value is -2.80. The molecule has 194 valence electrons. The summed E-state index contributed by atoms with van der Waals surface area (Å²) in [5.74, 6) is -6.53. The molecule has 0 bridgehead atoms. The Morgan fingerprint density at radius 2 is 1.74 bits per heavy atom. The average Bonchev–Trinajstić information content (AvgIpc) is 3.11. The molecule has 0 radical (unpaired) electrons. The van der Waals surface area contributed by atoms with Crippen molar-refractivity contribution in [1.82, 2.24) is 14.5 Å². The van der Waals surface area contributed by atoms with Gasteiger partial charge in [-0.25, -0.2) is 22.9 Å². The third-order valence-electron chi connectivity index (χ3n) is 5.16. The number of fused-ring (bicyclic) bond motifs is 1. The fourth-order valence-electron chi connectivity index (χ4n) is 3.66. The summed E-state index contributed by atoms with van der Waals surface area (Å²) >= 11 is 0. The van der Waals surface area contributed by atoms with Gasteiger partial charge in [-0.3, -0.25) is 4.79 Å². The number of alkyl halides is 3. The van der Waals surface area contributed by atoms with Crippen molar-refractivity contribution >= 4 is 24.3 Å². The van der Waals surface area contributed by atoms with E-state index in [0.717, 1.165) is 4.57 Å². The number of hydrogen-bond donors (Lipinski definition) is 1. The van der Waals surface area contributed by atoms with E-state index in [1.807, 2.05) is 0 Å². The largest absolute Gasteiger partial charge is 0.458 e. The van der Waals surface area contributed by atoms with Crippen LogP contribution in [0.3, 0.4) is 0 Å². The normalized spacial score (nSPS) is 14.4. The number of amides is 1. The van der Waals surface area contributed by atoms with E-state index in [1.54, 1.807) is 0 Å². The minimum absolute atomic E-state index is 0. The number of nitrogens with zero attached hydrogens (tertiary/aromatic N) is 3. The quantitative estimate of drug-likeness (QED) is 0.351. The first-order chi connectivity index (χ1) is 15.8. The van der Waals surface area contributed by atoms with Gasteiger partial charge in [0.05, 0.1) is 18.3 Å². The fraction of sp³-hybridized carbons (Fsp3) is 0.476. The highest BCUT2D eigenvalue weighted by Gasteiger charge is 2.42. The minimum atomic E-state index is -4.83. The van der Waals surface area contributed by atoms with Crippen molar-refractivity contribution in [3.8, 4) is 0 Å². The van der Waals surface area contributed by atoms with Crippen molar-refractivity contribution in [1.29, 1.82) is 0 Å². The molecule has 0 spiro atoms. The number of ether oxygens (including phenoxy) is 1. The van der Waals surface area contributed by atoms with Crippen molar-refractivity contribution in [2.45, 2.75) is 58.1 Å². The molecule has 35 heavy (non-hydrogen) atoms. The van der Waals surface area contributed by atoms with Crippen molar-refractivity contribution in [2.75, 3.05) is 6.54 Å². The standard InChI is InChI=1S/C21H22F6N4O3.ClH/c1-10(2)34-19(33)18-16-9-30(3-4-31(16)20(29-18)21(25,26)27)17(32)7-12(28)5-11-6-14(23)15(24)8-13(11)22;/h6,8,10,12H,3-5,7,9,28H2,1-2H3;1H/t12-;/m1./s1. The lowest BCUT2D eigenvalue weighted by Gasteiger charge is -2.30. The van der Waals surface area contributed by atoms with Crippen molar-refractivity contribution < 1.29 is 40.7 Å². The zero-order valence-electron chi connectivity index (χ0n) is 18.7.